The lowest BCUT2D eigenvalue weighted by molar-refractivity contribution is 0.685. The topological polar surface area (TPSA) is 29.6 Å². The first-order valence-corrected chi connectivity index (χ1v) is 11.0. The molecular weight excluding hydrogens is 418 g/mol. The van der Waals surface area contributed by atoms with Gasteiger partial charge in [0, 0.05) is 21.8 Å². The van der Waals surface area contributed by atoms with Crippen molar-refractivity contribution in [1.82, 2.24) is 4.57 Å². The van der Waals surface area contributed by atoms with Crippen LogP contribution in [-0.2, 0) is 0 Å². The summed E-state index contributed by atoms with van der Waals surface area (Å²) in [4.78, 5) is 0.879. The highest BCUT2D eigenvalue weighted by Crippen LogP contribution is 2.25. The number of hydrogen-bond acceptors (Lipinski definition) is 3. The van der Waals surface area contributed by atoms with Gasteiger partial charge in [0.15, 0.2) is 0 Å². The Bertz CT molecular complexity index is 924. The van der Waals surface area contributed by atoms with Crippen molar-refractivity contribution in [3.05, 3.63) is 69.3 Å². The van der Waals surface area contributed by atoms with Crippen molar-refractivity contribution < 1.29 is 0 Å². The normalized spacial score (nSPS) is 12.1. The van der Waals surface area contributed by atoms with Gasteiger partial charge in [0.2, 0.25) is 4.80 Å². The Hall–Kier alpha value is -1.98. The number of halogens is 1. The van der Waals surface area contributed by atoms with Crippen LogP contribution in [0.5, 0.6) is 0 Å². The summed E-state index contributed by atoms with van der Waals surface area (Å²) in [5, 5.41) is 11.0. The lowest BCUT2D eigenvalue weighted by atomic mass is 10.1. The molecule has 0 bridgehead atoms. The average Bonchev–Trinajstić information content (AvgIpc) is 3.12. The Morgan fingerprint density at radius 3 is 2.52 bits per heavy atom. The summed E-state index contributed by atoms with van der Waals surface area (Å²) in [5.41, 5.74) is 3.37. The molecule has 3 rings (SSSR count). The molecule has 27 heavy (non-hydrogen) atoms. The maximum absolute atomic E-state index is 4.51. The van der Waals surface area contributed by atoms with E-state index in [9.17, 15) is 0 Å². The predicted octanol–water partition coefficient (Wildman–Crippen LogP) is 6.83. The minimum Gasteiger partial charge on any atom is -0.284 e. The molecule has 3 nitrogen and oxygen atoms in total. The molecule has 0 unspecified atom stereocenters. The number of benzene rings is 2. The van der Waals surface area contributed by atoms with Gasteiger partial charge in [-0.15, -0.1) is 16.4 Å². The van der Waals surface area contributed by atoms with Gasteiger partial charge < -0.3 is 0 Å². The fourth-order valence-corrected chi connectivity index (χ4v) is 3.97. The molecule has 3 aromatic rings. The molecule has 0 saturated carbocycles. The Balaban J connectivity index is 1.91. The van der Waals surface area contributed by atoms with Gasteiger partial charge in [-0.05, 0) is 42.7 Å². The summed E-state index contributed by atoms with van der Waals surface area (Å²) in [6, 6.07) is 18.7. The largest absolute Gasteiger partial charge is 0.284 e. The van der Waals surface area contributed by atoms with Crippen LogP contribution in [0, 0.1) is 0 Å². The highest BCUT2D eigenvalue weighted by atomic mass is 79.9. The average molecular weight is 442 g/mol. The van der Waals surface area contributed by atoms with Crippen LogP contribution in [0.25, 0.3) is 16.9 Å². The second-order valence-electron chi connectivity index (χ2n) is 6.33. The van der Waals surface area contributed by atoms with Gasteiger partial charge in [-0.3, -0.25) is 4.57 Å². The SMILES string of the molecule is CCCCCC/C=N/N=c1/scc(-c2ccc(Br)cc2)n1-c1ccccc1. The molecule has 0 aliphatic carbocycles. The van der Waals surface area contributed by atoms with Crippen LogP contribution in [0.1, 0.15) is 39.0 Å². The van der Waals surface area contributed by atoms with E-state index in [2.05, 4.69) is 79.4 Å². The standard InChI is InChI=1S/C22H24BrN3S/c1-2-3-4-5-9-16-24-25-22-26(20-10-7-6-8-11-20)21(17-27-22)18-12-14-19(23)15-13-18/h6-8,10-17H,2-5,9H2,1H3/b24-16+,25-22+. The summed E-state index contributed by atoms with van der Waals surface area (Å²) in [5.74, 6) is 0. The van der Waals surface area contributed by atoms with E-state index in [-0.39, 0.29) is 0 Å². The monoisotopic (exact) mass is 441 g/mol. The first-order chi connectivity index (χ1) is 13.3. The van der Waals surface area contributed by atoms with Crippen molar-refractivity contribution in [1.29, 1.82) is 0 Å². The molecule has 0 radical (unpaired) electrons. The van der Waals surface area contributed by atoms with Crippen LogP contribution >= 0.6 is 27.3 Å². The summed E-state index contributed by atoms with van der Waals surface area (Å²) >= 11 is 5.12. The quantitative estimate of drug-likeness (QED) is 0.208. The molecule has 140 valence electrons. The van der Waals surface area contributed by atoms with Gasteiger partial charge in [0.1, 0.15) is 0 Å². The van der Waals surface area contributed by atoms with Crippen LogP contribution in [0.4, 0.5) is 0 Å². The highest BCUT2D eigenvalue weighted by molar-refractivity contribution is 9.10. The molecule has 2 aromatic carbocycles. The minimum atomic E-state index is 0.879. The van der Waals surface area contributed by atoms with Crippen molar-refractivity contribution in [3.8, 4) is 16.9 Å². The van der Waals surface area contributed by atoms with Gasteiger partial charge >= 0.3 is 0 Å². The molecule has 0 N–H and O–H groups in total. The molecule has 0 atom stereocenters. The Morgan fingerprint density at radius 2 is 1.78 bits per heavy atom. The van der Waals surface area contributed by atoms with E-state index >= 15 is 0 Å². The smallest absolute Gasteiger partial charge is 0.215 e. The lowest BCUT2D eigenvalue weighted by Crippen LogP contribution is -2.13. The zero-order chi connectivity index (χ0) is 18.9. The number of nitrogens with zero attached hydrogens (tertiary/aromatic N) is 3. The first kappa shape index (κ1) is 19.8. The molecule has 0 saturated heterocycles. The number of unbranched alkanes of at least 4 members (excludes halogenated alkanes) is 4. The second-order valence-corrected chi connectivity index (χ2v) is 8.08. The first-order valence-electron chi connectivity index (χ1n) is 9.37. The molecule has 5 heteroatoms. The van der Waals surface area contributed by atoms with Crippen LogP contribution in [0.15, 0.2) is 74.7 Å². The van der Waals surface area contributed by atoms with Gasteiger partial charge in [0.05, 0.1) is 5.69 Å². The van der Waals surface area contributed by atoms with Crippen LogP contribution in [0.3, 0.4) is 0 Å². The van der Waals surface area contributed by atoms with E-state index < -0.39 is 0 Å². The van der Waals surface area contributed by atoms with Gasteiger partial charge in [0.25, 0.3) is 0 Å². The summed E-state index contributed by atoms with van der Waals surface area (Å²) in [6.07, 6.45) is 7.91. The van der Waals surface area contributed by atoms with E-state index in [4.69, 9.17) is 0 Å². The Labute approximate surface area is 173 Å². The third-order valence-electron chi connectivity index (χ3n) is 4.27. The fraction of sp³-hybridized carbons (Fsp3) is 0.273. The summed E-state index contributed by atoms with van der Waals surface area (Å²) in [6.45, 7) is 2.23. The molecule has 0 fully saturated rings. The number of para-hydroxylation sites is 1. The van der Waals surface area contributed by atoms with Crippen molar-refractivity contribution in [2.75, 3.05) is 0 Å². The van der Waals surface area contributed by atoms with Crippen molar-refractivity contribution in [2.24, 2.45) is 10.2 Å². The Kier molecular flexibility index (Phi) is 7.60. The van der Waals surface area contributed by atoms with E-state index in [1.807, 2.05) is 24.4 Å². The van der Waals surface area contributed by atoms with E-state index in [0.717, 1.165) is 32.6 Å². The molecular formula is C22H24BrN3S. The molecule has 1 heterocycles. The van der Waals surface area contributed by atoms with Gasteiger partial charge in [-0.1, -0.05) is 72.4 Å². The van der Waals surface area contributed by atoms with Crippen LogP contribution < -0.4 is 4.80 Å². The van der Waals surface area contributed by atoms with Gasteiger partial charge in [-0.2, -0.15) is 5.10 Å². The second kappa shape index (κ2) is 10.4. The predicted molar refractivity (Wildman–Crippen MR) is 120 cm³/mol. The van der Waals surface area contributed by atoms with E-state index in [1.165, 1.54) is 25.7 Å². The van der Waals surface area contributed by atoms with Crippen molar-refractivity contribution in [3.63, 3.8) is 0 Å². The zero-order valence-electron chi connectivity index (χ0n) is 15.5. The maximum Gasteiger partial charge on any atom is 0.215 e. The van der Waals surface area contributed by atoms with Crippen LogP contribution in [0.2, 0.25) is 0 Å². The van der Waals surface area contributed by atoms with Crippen molar-refractivity contribution >= 4 is 33.5 Å². The molecule has 0 aliphatic rings. The molecule has 1 aromatic heterocycles. The number of rotatable bonds is 8. The van der Waals surface area contributed by atoms with Crippen LogP contribution in [-0.4, -0.2) is 10.8 Å². The van der Waals surface area contributed by atoms with Gasteiger partial charge in [-0.25, -0.2) is 0 Å². The molecule has 0 spiro atoms. The lowest BCUT2D eigenvalue weighted by Gasteiger charge is -2.09. The molecule has 0 amide bonds. The fourth-order valence-electron chi connectivity index (χ4n) is 2.84. The molecule has 0 aliphatic heterocycles. The summed E-state index contributed by atoms with van der Waals surface area (Å²) in [7, 11) is 0. The summed E-state index contributed by atoms with van der Waals surface area (Å²) < 4.78 is 3.24. The van der Waals surface area contributed by atoms with Crippen molar-refractivity contribution in [2.45, 2.75) is 39.0 Å². The zero-order valence-corrected chi connectivity index (χ0v) is 17.9. The van der Waals surface area contributed by atoms with E-state index in [0.29, 0.717) is 0 Å². The minimum absolute atomic E-state index is 0.879. The highest BCUT2D eigenvalue weighted by Gasteiger charge is 2.09. The number of thiazole rings is 1. The maximum atomic E-state index is 4.51. The third kappa shape index (κ3) is 5.50. The van der Waals surface area contributed by atoms with E-state index in [1.54, 1.807) is 11.3 Å². The number of hydrogen-bond donors (Lipinski definition) is 0. The third-order valence-corrected chi connectivity index (χ3v) is 5.62. The Morgan fingerprint density at radius 1 is 1.00 bits per heavy atom. The number of aromatic nitrogens is 1.